The van der Waals surface area contributed by atoms with E-state index < -0.39 is 17.5 Å². The first-order chi connectivity index (χ1) is 10.6. The van der Waals surface area contributed by atoms with Crippen molar-refractivity contribution in [1.29, 1.82) is 0 Å². The first-order valence-corrected chi connectivity index (χ1v) is 8.05. The smallest absolute Gasteiger partial charge is 0.312 e. The second-order valence-corrected chi connectivity index (χ2v) is 6.50. The molecule has 0 unspecified atom stereocenters. The number of hydrogen-bond acceptors (Lipinski definition) is 5. The molecule has 2 atom stereocenters. The molecule has 3 rings (SSSR count). The van der Waals surface area contributed by atoms with Gasteiger partial charge in [-0.15, -0.1) is 0 Å². The quantitative estimate of drug-likeness (QED) is 0.862. The summed E-state index contributed by atoms with van der Waals surface area (Å²) in [6.07, 6.45) is 4.76. The van der Waals surface area contributed by atoms with Crippen molar-refractivity contribution in [3.8, 4) is 0 Å². The lowest BCUT2D eigenvalue weighted by atomic mass is 9.73. The number of aliphatic carboxylic acids is 1. The monoisotopic (exact) mass is 305 g/mol. The van der Waals surface area contributed by atoms with E-state index >= 15 is 0 Å². The van der Waals surface area contributed by atoms with Gasteiger partial charge in [-0.1, -0.05) is 13.3 Å². The summed E-state index contributed by atoms with van der Waals surface area (Å²) < 4.78 is 0. The van der Waals surface area contributed by atoms with Crippen LogP contribution in [0.3, 0.4) is 0 Å². The molecule has 1 aromatic heterocycles. The number of aromatic nitrogens is 2. The van der Waals surface area contributed by atoms with Crippen molar-refractivity contribution in [3.05, 3.63) is 18.1 Å². The number of hydrogen-bond donors (Lipinski definition) is 2. The minimum absolute atomic E-state index is 0.313. The molecular weight excluding hydrogens is 282 g/mol. The summed E-state index contributed by atoms with van der Waals surface area (Å²) in [5.74, 6) is 0.462. The van der Waals surface area contributed by atoms with Crippen LogP contribution in [0.1, 0.15) is 50.6 Å². The van der Waals surface area contributed by atoms with E-state index in [2.05, 4.69) is 9.97 Å². The van der Waals surface area contributed by atoms with Gasteiger partial charge in [-0.25, -0.2) is 9.97 Å². The van der Waals surface area contributed by atoms with Gasteiger partial charge in [0.25, 0.3) is 0 Å². The van der Waals surface area contributed by atoms with Gasteiger partial charge in [0.1, 0.15) is 12.1 Å². The summed E-state index contributed by atoms with van der Waals surface area (Å²) in [5.41, 5.74) is 0.0422. The van der Waals surface area contributed by atoms with Crippen molar-refractivity contribution in [2.45, 2.75) is 51.0 Å². The zero-order valence-electron chi connectivity index (χ0n) is 12.9. The largest absolute Gasteiger partial charge is 0.481 e. The third kappa shape index (κ3) is 2.67. The van der Waals surface area contributed by atoms with Crippen LogP contribution in [0.15, 0.2) is 12.4 Å². The van der Waals surface area contributed by atoms with E-state index in [1.54, 1.807) is 6.33 Å². The van der Waals surface area contributed by atoms with Gasteiger partial charge in [-0.2, -0.15) is 0 Å². The van der Waals surface area contributed by atoms with Crippen LogP contribution in [-0.2, 0) is 4.79 Å². The Morgan fingerprint density at radius 2 is 2.23 bits per heavy atom. The molecule has 0 radical (unpaired) electrons. The number of aliphatic hydroxyl groups excluding tert-OH is 1. The molecule has 2 N–H and O–H groups in total. The van der Waals surface area contributed by atoms with E-state index in [1.807, 2.05) is 17.9 Å². The highest BCUT2D eigenvalue weighted by molar-refractivity contribution is 5.76. The Kier molecular flexibility index (Phi) is 4.04. The van der Waals surface area contributed by atoms with Crippen LogP contribution in [-0.4, -0.2) is 45.3 Å². The number of rotatable bonds is 5. The van der Waals surface area contributed by atoms with Gasteiger partial charge in [0.15, 0.2) is 0 Å². The summed E-state index contributed by atoms with van der Waals surface area (Å²) in [7, 11) is 0. The zero-order chi connectivity index (χ0) is 15.7. The normalized spacial score (nSPS) is 28.6. The van der Waals surface area contributed by atoms with Gasteiger partial charge < -0.3 is 15.1 Å². The number of nitrogens with zero attached hydrogens (tertiary/aromatic N) is 3. The first kappa shape index (κ1) is 15.2. The third-order valence-corrected chi connectivity index (χ3v) is 4.97. The molecule has 0 amide bonds. The maximum Gasteiger partial charge on any atom is 0.312 e. The Morgan fingerprint density at radius 3 is 2.82 bits per heavy atom. The minimum atomic E-state index is -1.02. The number of piperidine rings is 1. The van der Waals surface area contributed by atoms with Crippen LogP contribution in [0.4, 0.5) is 5.82 Å². The van der Waals surface area contributed by atoms with E-state index in [0.717, 1.165) is 17.9 Å². The average Bonchev–Trinajstić information content (AvgIpc) is 3.34. The molecule has 6 heteroatoms. The lowest BCUT2D eigenvalue weighted by Gasteiger charge is -2.43. The molecule has 1 aliphatic heterocycles. The number of carboxylic acid groups (broad SMARTS) is 1. The number of carbonyl (C=O) groups is 1. The van der Waals surface area contributed by atoms with E-state index in [4.69, 9.17) is 0 Å². The minimum Gasteiger partial charge on any atom is -0.481 e. The maximum absolute atomic E-state index is 11.7. The van der Waals surface area contributed by atoms with Crippen molar-refractivity contribution in [3.63, 3.8) is 0 Å². The van der Waals surface area contributed by atoms with Gasteiger partial charge in [0, 0.05) is 30.8 Å². The molecule has 0 bridgehead atoms. The third-order valence-electron chi connectivity index (χ3n) is 4.97. The Balaban J connectivity index is 1.76. The lowest BCUT2D eigenvalue weighted by molar-refractivity contribution is -0.159. The topological polar surface area (TPSA) is 86.5 Å². The predicted molar refractivity (Wildman–Crippen MR) is 81.8 cm³/mol. The van der Waals surface area contributed by atoms with E-state index in [1.165, 1.54) is 12.8 Å². The molecule has 2 aliphatic rings. The fourth-order valence-corrected chi connectivity index (χ4v) is 3.41. The van der Waals surface area contributed by atoms with Crippen LogP contribution < -0.4 is 4.90 Å². The molecule has 1 aliphatic carbocycles. The second-order valence-electron chi connectivity index (χ2n) is 6.50. The lowest BCUT2D eigenvalue weighted by Crippen LogP contribution is -2.55. The summed E-state index contributed by atoms with van der Waals surface area (Å²) in [4.78, 5) is 22.3. The summed E-state index contributed by atoms with van der Waals surface area (Å²) in [6.45, 7) is 2.87. The summed E-state index contributed by atoms with van der Waals surface area (Å²) >= 11 is 0. The molecule has 6 nitrogen and oxygen atoms in total. The van der Waals surface area contributed by atoms with Crippen LogP contribution in [0.5, 0.6) is 0 Å². The highest BCUT2D eigenvalue weighted by atomic mass is 16.4. The second kappa shape index (κ2) is 5.83. The fraction of sp³-hybridized carbons (Fsp3) is 0.688. The van der Waals surface area contributed by atoms with Crippen molar-refractivity contribution >= 4 is 11.8 Å². The van der Waals surface area contributed by atoms with Crippen molar-refractivity contribution in [2.24, 2.45) is 5.41 Å². The molecule has 120 valence electrons. The maximum atomic E-state index is 11.7. The summed E-state index contributed by atoms with van der Waals surface area (Å²) in [5, 5.41) is 20.0. The van der Waals surface area contributed by atoms with Gasteiger partial charge in [0.2, 0.25) is 0 Å². The van der Waals surface area contributed by atoms with Crippen molar-refractivity contribution < 1.29 is 15.0 Å². The van der Waals surface area contributed by atoms with E-state index in [9.17, 15) is 15.0 Å². The Bertz CT molecular complexity index is 561. The predicted octanol–water partition coefficient (Wildman–Crippen LogP) is 1.80. The van der Waals surface area contributed by atoms with Crippen molar-refractivity contribution in [2.75, 3.05) is 18.0 Å². The van der Waals surface area contributed by atoms with Gasteiger partial charge in [-0.05, 0) is 25.7 Å². The molecule has 1 saturated carbocycles. The molecule has 2 fully saturated rings. The number of carboxylic acids is 1. The summed E-state index contributed by atoms with van der Waals surface area (Å²) in [6, 6.07) is 1.98. The molecule has 0 spiro atoms. The molecule has 2 heterocycles. The molecule has 0 aromatic carbocycles. The van der Waals surface area contributed by atoms with Crippen molar-refractivity contribution in [1.82, 2.24) is 9.97 Å². The highest BCUT2D eigenvalue weighted by Gasteiger charge is 2.48. The fourth-order valence-electron chi connectivity index (χ4n) is 3.41. The van der Waals surface area contributed by atoms with E-state index in [0.29, 0.717) is 31.8 Å². The van der Waals surface area contributed by atoms with Crippen LogP contribution in [0, 0.1) is 5.41 Å². The average molecular weight is 305 g/mol. The Hall–Kier alpha value is -1.69. The highest BCUT2D eigenvalue weighted by Crippen LogP contribution is 2.41. The van der Waals surface area contributed by atoms with Crippen LogP contribution in [0.2, 0.25) is 0 Å². The van der Waals surface area contributed by atoms with Gasteiger partial charge in [0.05, 0.1) is 11.5 Å². The van der Waals surface area contributed by atoms with Crippen LogP contribution in [0.25, 0.3) is 0 Å². The van der Waals surface area contributed by atoms with E-state index in [-0.39, 0.29) is 0 Å². The molecule has 1 saturated heterocycles. The number of β-amino-alcohol motifs (C(OH)–C–C–N with tert-alkyl or cyclic N) is 1. The molecular formula is C16H23N3O3. The van der Waals surface area contributed by atoms with Crippen LogP contribution >= 0.6 is 0 Å². The Labute approximate surface area is 130 Å². The number of anilines is 1. The zero-order valence-corrected chi connectivity index (χ0v) is 12.9. The van der Waals surface area contributed by atoms with Gasteiger partial charge in [-0.3, -0.25) is 4.79 Å². The SMILES string of the molecule is CCC[C@]1(C(=O)O)CCN(c2cc(C3CC3)ncn2)C[C@H]1O. The molecule has 1 aromatic rings. The van der Waals surface area contributed by atoms with Gasteiger partial charge >= 0.3 is 5.97 Å². The Morgan fingerprint density at radius 1 is 1.45 bits per heavy atom. The first-order valence-electron chi connectivity index (χ1n) is 8.05. The number of aliphatic hydroxyl groups is 1. The molecule has 22 heavy (non-hydrogen) atoms. The standard InChI is InChI=1S/C16H23N3O3/c1-2-5-16(15(21)22)6-7-19(9-13(16)20)14-8-12(11-3-4-11)17-10-18-14/h8,10-11,13,20H,2-7,9H2,1H3,(H,21,22)/t13-,16+/m1/s1.